The van der Waals surface area contributed by atoms with Crippen molar-refractivity contribution >= 4 is 40.3 Å². The van der Waals surface area contributed by atoms with Crippen molar-refractivity contribution in [3.63, 3.8) is 0 Å². The Bertz CT molecular complexity index is 445. The predicted molar refractivity (Wildman–Crippen MR) is 92.8 cm³/mol. The van der Waals surface area contributed by atoms with E-state index in [9.17, 15) is 0 Å². The average Bonchev–Trinajstić information content (AvgIpc) is 2.39. The van der Waals surface area contributed by atoms with Crippen LogP contribution in [0.5, 0.6) is 0 Å². The molecule has 0 atom stereocenters. The molecule has 0 bridgehead atoms. The van der Waals surface area contributed by atoms with Crippen LogP contribution < -0.4 is 21.5 Å². The summed E-state index contributed by atoms with van der Waals surface area (Å²) >= 11 is 10.3. The fourth-order valence-electron chi connectivity index (χ4n) is 1.35. The average molecular weight is 311 g/mol. The minimum atomic E-state index is 0.464. The second-order valence-electron chi connectivity index (χ2n) is 4.63. The zero-order valence-electron chi connectivity index (χ0n) is 12.0. The number of aryl methyl sites for hydroxylation is 1. The smallest absolute Gasteiger partial charge is 0.189 e. The van der Waals surface area contributed by atoms with E-state index in [1.54, 1.807) is 0 Å². The van der Waals surface area contributed by atoms with Crippen LogP contribution in [0.25, 0.3) is 0 Å². The number of rotatable bonds is 4. The van der Waals surface area contributed by atoms with Crippen LogP contribution in [0.15, 0.2) is 24.3 Å². The van der Waals surface area contributed by atoms with Crippen molar-refractivity contribution in [2.24, 2.45) is 0 Å². The number of hydrogen-bond donors (Lipinski definition) is 4. The molecule has 1 aromatic rings. The number of thiocarbonyl (C=S) groups is 2. The van der Waals surface area contributed by atoms with Gasteiger partial charge in [-0.2, -0.15) is 0 Å². The number of hydrogen-bond acceptors (Lipinski definition) is 3. The summed E-state index contributed by atoms with van der Waals surface area (Å²) in [6, 6.07) is 7.98. The Kier molecular flexibility index (Phi) is 7.21. The van der Waals surface area contributed by atoms with Gasteiger partial charge in [0.25, 0.3) is 0 Å². The second kappa shape index (κ2) is 8.68. The number of benzene rings is 1. The molecular weight excluding hydrogens is 290 g/mol. The molecule has 4 N–H and O–H groups in total. The molecule has 0 unspecified atom stereocenters. The number of likely N-dealkylation sites (N-methyl/N-ethyl adjacent to an activating group) is 1. The van der Waals surface area contributed by atoms with E-state index in [0.29, 0.717) is 10.2 Å². The van der Waals surface area contributed by atoms with E-state index >= 15 is 0 Å². The fraction of sp³-hybridized carbons (Fsp3) is 0.385. The van der Waals surface area contributed by atoms with E-state index in [1.807, 2.05) is 45.3 Å². The Morgan fingerprint density at radius 2 is 1.65 bits per heavy atom. The Labute approximate surface area is 131 Å². The highest BCUT2D eigenvalue weighted by atomic mass is 32.1. The number of anilines is 1. The normalized spacial score (nSPS) is 10.0. The quantitative estimate of drug-likeness (QED) is 0.493. The standard InChI is InChI=1S/C13H21N5S2/c1-10-4-6-11(7-5-10)15-13(20)17-16-12(19)14-8-9-18(2)3/h4-7H,8-9H2,1-3H3,(H2,14,16,19)(H2,15,17,20). The lowest BCUT2D eigenvalue weighted by atomic mass is 10.2. The van der Waals surface area contributed by atoms with Gasteiger partial charge in [0.1, 0.15) is 0 Å². The van der Waals surface area contributed by atoms with Crippen LogP contribution in [-0.4, -0.2) is 42.3 Å². The monoisotopic (exact) mass is 311 g/mol. The molecule has 0 aromatic heterocycles. The summed E-state index contributed by atoms with van der Waals surface area (Å²) in [5, 5.41) is 7.11. The molecule has 0 saturated carbocycles. The van der Waals surface area contributed by atoms with Crippen molar-refractivity contribution < 1.29 is 0 Å². The van der Waals surface area contributed by atoms with E-state index in [1.165, 1.54) is 5.56 Å². The molecule has 0 spiro atoms. The van der Waals surface area contributed by atoms with Crippen molar-refractivity contribution in [3.8, 4) is 0 Å². The number of hydrazine groups is 1. The van der Waals surface area contributed by atoms with E-state index in [-0.39, 0.29) is 0 Å². The first-order valence-corrected chi connectivity index (χ1v) is 7.11. The van der Waals surface area contributed by atoms with Crippen LogP contribution in [0.3, 0.4) is 0 Å². The molecule has 110 valence electrons. The lowest BCUT2D eigenvalue weighted by molar-refractivity contribution is 0.412. The Morgan fingerprint density at radius 1 is 1.05 bits per heavy atom. The van der Waals surface area contributed by atoms with Gasteiger partial charge in [-0.25, -0.2) is 0 Å². The molecule has 0 heterocycles. The highest BCUT2D eigenvalue weighted by Crippen LogP contribution is 2.07. The maximum absolute atomic E-state index is 5.16. The summed E-state index contributed by atoms with van der Waals surface area (Å²) in [7, 11) is 4.02. The summed E-state index contributed by atoms with van der Waals surface area (Å²) in [5.41, 5.74) is 7.81. The molecule has 0 aliphatic carbocycles. The van der Waals surface area contributed by atoms with E-state index in [4.69, 9.17) is 24.4 Å². The molecule has 7 heteroatoms. The Hall–Kier alpha value is -1.44. The van der Waals surface area contributed by atoms with Crippen molar-refractivity contribution in [1.82, 2.24) is 21.1 Å². The molecule has 1 rings (SSSR count). The summed E-state index contributed by atoms with van der Waals surface area (Å²) in [4.78, 5) is 2.08. The molecule has 0 fully saturated rings. The Balaban J connectivity index is 2.22. The van der Waals surface area contributed by atoms with E-state index in [0.717, 1.165) is 18.8 Å². The van der Waals surface area contributed by atoms with Crippen LogP contribution >= 0.6 is 24.4 Å². The van der Waals surface area contributed by atoms with Crippen molar-refractivity contribution in [1.29, 1.82) is 0 Å². The minimum absolute atomic E-state index is 0.464. The van der Waals surface area contributed by atoms with Crippen LogP contribution in [0, 0.1) is 6.92 Å². The van der Waals surface area contributed by atoms with Gasteiger partial charge in [-0.3, -0.25) is 10.9 Å². The topological polar surface area (TPSA) is 51.4 Å². The summed E-state index contributed by atoms with van der Waals surface area (Å²) in [6.45, 7) is 3.73. The molecule has 0 amide bonds. The third-order valence-corrected chi connectivity index (χ3v) is 2.89. The summed E-state index contributed by atoms with van der Waals surface area (Å²) in [6.07, 6.45) is 0. The minimum Gasteiger partial charge on any atom is -0.360 e. The third-order valence-electron chi connectivity index (χ3n) is 2.44. The second-order valence-corrected chi connectivity index (χ2v) is 5.45. The Morgan fingerprint density at radius 3 is 2.25 bits per heavy atom. The lowest BCUT2D eigenvalue weighted by Gasteiger charge is -2.15. The largest absolute Gasteiger partial charge is 0.360 e. The van der Waals surface area contributed by atoms with Gasteiger partial charge in [0, 0.05) is 18.8 Å². The third kappa shape index (κ3) is 7.22. The molecule has 0 radical (unpaired) electrons. The maximum Gasteiger partial charge on any atom is 0.189 e. The zero-order chi connectivity index (χ0) is 15.0. The fourth-order valence-corrected chi connectivity index (χ4v) is 1.67. The van der Waals surface area contributed by atoms with Gasteiger partial charge in [0.05, 0.1) is 0 Å². The first-order chi connectivity index (χ1) is 9.47. The summed E-state index contributed by atoms with van der Waals surface area (Å²) < 4.78 is 0. The molecule has 5 nitrogen and oxygen atoms in total. The first kappa shape index (κ1) is 16.6. The van der Waals surface area contributed by atoms with Crippen LogP contribution in [0.4, 0.5) is 5.69 Å². The van der Waals surface area contributed by atoms with Crippen LogP contribution in [0.2, 0.25) is 0 Å². The first-order valence-electron chi connectivity index (χ1n) is 6.29. The maximum atomic E-state index is 5.16. The van der Waals surface area contributed by atoms with Crippen LogP contribution in [0.1, 0.15) is 5.56 Å². The molecular formula is C13H21N5S2. The number of nitrogens with zero attached hydrogens (tertiary/aromatic N) is 1. The summed E-state index contributed by atoms with van der Waals surface area (Å²) in [5.74, 6) is 0. The molecule has 20 heavy (non-hydrogen) atoms. The highest BCUT2D eigenvalue weighted by Gasteiger charge is 1.99. The molecule has 0 saturated heterocycles. The van der Waals surface area contributed by atoms with Crippen molar-refractivity contribution in [3.05, 3.63) is 29.8 Å². The van der Waals surface area contributed by atoms with Crippen LogP contribution in [-0.2, 0) is 0 Å². The van der Waals surface area contributed by atoms with E-state index in [2.05, 4.69) is 26.4 Å². The van der Waals surface area contributed by atoms with Gasteiger partial charge in [-0.05, 0) is 57.6 Å². The van der Waals surface area contributed by atoms with Gasteiger partial charge >= 0.3 is 0 Å². The lowest BCUT2D eigenvalue weighted by Crippen LogP contribution is -2.49. The predicted octanol–water partition coefficient (Wildman–Crippen LogP) is 1.22. The van der Waals surface area contributed by atoms with Gasteiger partial charge in [-0.15, -0.1) is 0 Å². The highest BCUT2D eigenvalue weighted by molar-refractivity contribution is 7.80. The van der Waals surface area contributed by atoms with Gasteiger partial charge in [-0.1, -0.05) is 17.7 Å². The van der Waals surface area contributed by atoms with Crippen molar-refractivity contribution in [2.75, 3.05) is 32.5 Å². The molecule has 0 aliphatic rings. The molecule has 0 aliphatic heterocycles. The van der Waals surface area contributed by atoms with Gasteiger partial charge in [0.15, 0.2) is 10.2 Å². The van der Waals surface area contributed by atoms with Gasteiger partial charge in [0.2, 0.25) is 0 Å². The zero-order valence-corrected chi connectivity index (χ0v) is 13.6. The number of nitrogens with one attached hydrogen (secondary N) is 4. The molecule has 1 aromatic carbocycles. The van der Waals surface area contributed by atoms with Crippen molar-refractivity contribution in [2.45, 2.75) is 6.92 Å². The SMILES string of the molecule is Cc1ccc(NC(=S)NNC(=S)NCCN(C)C)cc1. The van der Waals surface area contributed by atoms with Gasteiger partial charge < -0.3 is 15.5 Å². The van der Waals surface area contributed by atoms with E-state index < -0.39 is 0 Å².